The Hall–Kier alpha value is -0.130. The van der Waals surface area contributed by atoms with Crippen LogP contribution in [0.25, 0.3) is 0 Å². The summed E-state index contributed by atoms with van der Waals surface area (Å²) in [6.45, 7) is 0.815. The third-order valence-corrected chi connectivity index (χ3v) is 9.32. The van der Waals surface area contributed by atoms with E-state index in [1.807, 2.05) is 0 Å². The lowest BCUT2D eigenvalue weighted by Gasteiger charge is -2.32. The normalized spacial score (nSPS) is 21.5. The number of nitrogens with zero attached hydrogens (tertiary/aromatic N) is 1. The van der Waals surface area contributed by atoms with Crippen LogP contribution in [-0.2, 0) is 26.4 Å². The van der Waals surface area contributed by atoms with Crippen molar-refractivity contribution in [2.45, 2.75) is 16.1 Å². The van der Waals surface area contributed by atoms with Crippen LogP contribution in [-0.4, -0.2) is 57.9 Å². The molecule has 2 rings (SSSR count). The van der Waals surface area contributed by atoms with E-state index in [1.165, 1.54) is 23.1 Å². The number of nitrogens with one attached hydrogen (secondary N) is 1. The molecule has 2 heterocycles. The minimum absolute atomic E-state index is 0.202. The van der Waals surface area contributed by atoms with Crippen LogP contribution in [0.1, 0.15) is 4.88 Å². The molecule has 6 nitrogen and oxygen atoms in total. The van der Waals surface area contributed by atoms with E-state index in [0.29, 0.717) is 12.3 Å². The third-order valence-electron chi connectivity index (χ3n) is 3.08. The summed E-state index contributed by atoms with van der Waals surface area (Å²) < 4.78 is 50.5. The molecule has 21 heavy (non-hydrogen) atoms. The van der Waals surface area contributed by atoms with Gasteiger partial charge in [0.1, 0.15) is 9.58 Å². The van der Waals surface area contributed by atoms with Gasteiger partial charge in [0.2, 0.25) is 0 Å². The standard InChI is InChI=1S/C11H18N2O4S4/c1-12-7-9-3-4-11(19-9)21(16,17)13-5-6-18-8-10(13)20(2,14)15/h3-4,10,12H,5-8H2,1-2H3. The fourth-order valence-electron chi connectivity index (χ4n) is 2.06. The van der Waals surface area contributed by atoms with E-state index in [0.717, 1.165) is 15.4 Å². The van der Waals surface area contributed by atoms with Gasteiger partial charge in [0, 0.05) is 35.7 Å². The van der Waals surface area contributed by atoms with Gasteiger partial charge < -0.3 is 5.32 Å². The first-order valence-corrected chi connectivity index (χ1v) is 11.6. The highest BCUT2D eigenvalue weighted by molar-refractivity contribution is 8.01. The van der Waals surface area contributed by atoms with Crippen LogP contribution < -0.4 is 5.32 Å². The molecule has 1 saturated heterocycles. The summed E-state index contributed by atoms with van der Waals surface area (Å²) in [4.78, 5) is 0.901. The van der Waals surface area contributed by atoms with Gasteiger partial charge in [0.15, 0.2) is 9.84 Å². The quantitative estimate of drug-likeness (QED) is 0.816. The maximum atomic E-state index is 12.7. The Labute approximate surface area is 133 Å². The summed E-state index contributed by atoms with van der Waals surface area (Å²) in [5.74, 6) is 0.896. The van der Waals surface area contributed by atoms with E-state index in [2.05, 4.69) is 5.32 Å². The lowest BCUT2D eigenvalue weighted by Crippen LogP contribution is -2.49. The summed E-state index contributed by atoms with van der Waals surface area (Å²) in [6, 6.07) is 3.30. The molecule has 1 unspecified atom stereocenters. The lowest BCUT2D eigenvalue weighted by molar-refractivity contribution is 0.406. The van der Waals surface area contributed by atoms with Crippen molar-refractivity contribution in [2.24, 2.45) is 0 Å². The molecule has 0 aromatic carbocycles. The SMILES string of the molecule is CNCc1ccc(S(=O)(=O)N2CCSCC2S(C)(=O)=O)s1. The molecule has 0 saturated carbocycles. The van der Waals surface area contributed by atoms with E-state index in [-0.39, 0.29) is 16.5 Å². The second-order valence-electron chi connectivity index (χ2n) is 4.73. The van der Waals surface area contributed by atoms with Crippen molar-refractivity contribution in [3.8, 4) is 0 Å². The maximum Gasteiger partial charge on any atom is 0.253 e. The zero-order valence-corrected chi connectivity index (χ0v) is 15.0. The van der Waals surface area contributed by atoms with Crippen molar-refractivity contribution in [1.29, 1.82) is 0 Å². The Morgan fingerprint density at radius 3 is 2.67 bits per heavy atom. The molecule has 0 spiro atoms. The molecule has 0 bridgehead atoms. The maximum absolute atomic E-state index is 12.7. The summed E-state index contributed by atoms with van der Waals surface area (Å²) in [5.41, 5.74) is 0. The number of sulfone groups is 1. The molecule has 1 aromatic rings. The molecule has 0 amide bonds. The number of thioether (sulfide) groups is 1. The second kappa shape index (κ2) is 6.55. The highest BCUT2D eigenvalue weighted by Gasteiger charge is 2.39. The van der Waals surface area contributed by atoms with Gasteiger partial charge in [0.05, 0.1) is 0 Å². The van der Waals surface area contributed by atoms with Crippen LogP contribution in [0.5, 0.6) is 0 Å². The number of hydrogen-bond acceptors (Lipinski definition) is 7. The molecule has 1 aromatic heterocycles. The average Bonchev–Trinajstić information content (AvgIpc) is 2.87. The summed E-state index contributed by atoms with van der Waals surface area (Å²) in [5, 5.41) is 1.99. The van der Waals surface area contributed by atoms with Gasteiger partial charge in [-0.3, -0.25) is 0 Å². The van der Waals surface area contributed by atoms with E-state index in [4.69, 9.17) is 0 Å². The summed E-state index contributed by atoms with van der Waals surface area (Å²) >= 11 is 2.64. The highest BCUT2D eigenvalue weighted by Crippen LogP contribution is 2.30. The first kappa shape index (κ1) is 17.2. The fraction of sp³-hybridized carbons (Fsp3) is 0.636. The largest absolute Gasteiger partial charge is 0.315 e. The number of sulfonamides is 1. The van der Waals surface area contributed by atoms with Gasteiger partial charge in [-0.2, -0.15) is 16.1 Å². The van der Waals surface area contributed by atoms with Crippen molar-refractivity contribution in [3.05, 3.63) is 17.0 Å². The Bertz CT molecular complexity index is 696. The monoisotopic (exact) mass is 370 g/mol. The molecule has 1 aliphatic rings. The van der Waals surface area contributed by atoms with E-state index < -0.39 is 25.2 Å². The summed E-state index contributed by atoms with van der Waals surface area (Å²) in [7, 11) is -5.42. The predicted octanol–water partition coefficient (Wildman–Crippen LogP) is 0.576. The molecule has 0 aliphatic carbocycles. The molecule has 1 fully saturated rings. The molecule has 120 valence electrons. The predicted molar refractivity (Wildman–Crippen MR) is 86.9 cm³/mol. The van der Waals surface area contributed by atoms with Crippen molar-refractivity contribution in [1.82, 2.24) is 9.62 Å². The molecule has 10 heteroatoms. The van der Waals surface area contributed by atoms with Gasteiger partial charge in [0.25, 0.3) is 10.0 Å². The fourth-order valence-corrected chi connectivity index (χ4v) is 8.73. The molecule has 1 aliphatic heterocycles. The first-order chi connectivity index (χ1) is 9.76. The zero-order chi connectivity index (χ0) is 15.7. The van der Waals surface area contributed by atoms with Crippen LogP contribution in [0.3, 0.4) is 0 Å². The molecular formula is C11H18N2O4S4. The van der Waals surface area contributed by atoms with Crippen LogP contribution >= 0.6 is 23.1 Å². The van der Waals surface area contributed by atoms with Gasteiger partial charge in [-0.15, -0.1) is 11.3 Å². The van der Waals surface area contributed by atoms with Gasteiger partial charge in [-0.25, -0.2) is 16.8 Å². The smallest absolute Gasteiger partial charge is 0.253 e. The number of hydrogen-bond donors (Lipinski definition) is 1. The molecular weight excluding hydrogens is 352 g/mol. The number of rotatable bonds is 5. The van der Waals surface area contributed by atoms with Crippen LogP contribution in [0.2, 0.25) is 0 Å². The Morgan fingerprint density at radius 2 is 2.05 bits per heavy atom. The van der Waals surface area contributed by atoms with Crippen molar-refractivity contribution >= 4 is 43.0 Å². The van der Waals surface area contributed by atoms with Crippen LogP contribution in [0, 0.1) is 0 Å². The van der Waals surface area contributed by atoms with E-state index in [9.17, 15) is 16.8 Å². The van der Waals surface area contributed by atoms with Crippen molar-refractivity contribution in [3.63, 3.8) is 0 Å². The van der Waals surface area contributed by atoms with E-state index in [1.54, 1.807) is 19.2 Å². The Kier molecular flexibility index (Phi) is 5.37. The third kappa shape index (κ3) is 3.80. The van der Waals surface area contributed by atoms with Gasteiger partial charge >= 0.3 is 0 Å². The summed E-state index contributed by atoms with van der Waals surface area (Å²) in [6.07, 6.45) is 1.09. The van der Waals surface area contributed by atoms with Crippen molar-refractivity contribution in [2.75, 3.05) is 31.4 Å². The minimum atomic E-state index is -3.76. The minimum Gasteiger partial charge on any atom is -0.315 e. The van der Waals surface area contributed by atoms with Crippen LogP contribution in [0.4, 0.5) is 0 Å². The van der Waals surface area contributed by atoms with Crippen molar-refractivity contribution < 1.29 is 16.8 Å². The zero-order valence-electron chi connectivity index (χ0n) is 11.8. The Morgan fingerprint density at radius 1 is 1.33 bits per heavy atom. The van der Waals surface area contributed by atoms with Gasteiger partial charge in [-0.1, -0.05) is 0 Å². The van der Waals surface area contributed by atoms with E-state index >= 15 is 0 Å². The first-order valence-electron chi connectivity index (χ1n) is 6.28. The second-order valence-corrected chi connectivity index (χ2v) is 11.4. The van der Waals surface area contributed by atoms with Crippen LogP contribution in [0.15, 0.2) is 16.3 Å². The molecule has 1 atom stereocenters. The lowest BCUT2D eigenvalue weighted by atomic mass is 10.5. The highest BCUT2D eigenvalue weighted by atomic mass is 32.2. The average molecular weight is 371 g/mol. The molecule has 1 N–H and O–H groups in total. The topological polar surface area (TPSA) is 83.6 Å². The number of thiophene rings is 1. The molecule has 0 radical (unpaired) electrons. The van der Waals surface area contributed by atoms with Gasteiger partial charge in [-0.05, 0) is 19.2 Å². The Balaban J connectivity index is 2.36.